The molecule has 0 aliphatic rings. The number of anilines is 2. The van der Waals surface area contributed by atoms with Gasteiger partial charge >= 0.3 is 0 Å². The molecular formula is C17H17FN2O4. The number of hydrogen-bond donors (Lipinski definition) is 2. The Morgan fingerprint density at radius 3 is 2.33 bits per heavy atom. The van der Waals surface area contributed by atoms with Gasteiger partial charge in [-0.05, 0) is 42.5 Å². The molecule has 24 heavy (non-hydrogen) atoms. The Labute approximate surface area is 138 Å². The third kappa shape index (κ3) is 4.98. The van der Waals surface area contributed by atoms with Crippen molar-refractivity contribution in [2.45, 2.75) is 6.92 Å². The van der Waals surface area contributed by atoms with E-state index in [0.29, 0.717) is 17.2 Å². The highest BCUT2D eigenvalue weighted by Gasteiger charge is 2.09. The zero-order valence-electron chi connectivity index (χ0n) is 13.3. The summed E-state index contributed by atoms with van der Waals surface area (Å²) in [4.78, 5) is 22.9. The molecular weight excluding hydrogens is 315 g/mol. The molecule has 6 nitrogen and oxygen atoms in total. The van der Waals surface area contributed by atoms with Gasteiger partial charge in [0.15, 0.2) is 6.61 Å². The number of carbonyl (C=O) groups excluding carboxylic acids is 2. The number of carbonyl (C=O) groups is 2. The molecule has 0 saturated heterocycles. The number of ether oxygens (including phenoxy) is 2. The van der Waals surface area contributed by atoms with Crippen molar-refractivity contribution in [3.05, 3.63) is 48.3 Å². The molecule has 2 N–H and O–H groups in total. The Balaban J connectivity index is 1.94. The number of halogens is 1. The first-order chi connectivity index (χ1) is 11.5. The van der Waals surface area contributed by atoms with Gasteiger partial charge in [0.1, 0.15) is 17.3 Å². The highest BCUT2D eigenvalue weighted by Crippen LogP contribution is 2.20. The maximum absolute atomic E-state index is 13.7. The quantitative estimate of drug-likeness (QED) is 0.853. The third-order valence-corrected chi connectivity index (χ3v) is 2.99. The predicted molar refractivity (Wildman–Crippen MR) is 87.8 cm³/mol. The fourth-order valence-corrected chi connectivity index (χ4v) is 1.91. The SMILES string of the molecule is COc1ccc(OCC(=O)Nc2cc(NC(C)=O)ccc2F)cc1. The smallest absolute Gasteiger partial charge is 0.262 e. The molecule has 0 atom stereocenters. The maximum atomic E-state index is 13.7. The summed E-state index contributed by atoms with van der Waals surface area (Å²) in [6.45, 7) is 1.06. The summed E-state index contributed by atoms with van der Waals surface area (Å²) >= 11 is 0. The van der Waals surface area contributed by atoms with E-state index in [1.54, 1.807) is 31.4 Å². The van der Waals surface area contributed by atoms with Crippen molar-refractivity contribution in [1.29, 1.82) is 0 Å². The van der Waals surface area contributed by atoms with Gasteiger partial charge in [-0.25, -0.2) is 4.39 Å². The lowest BCUT2D eigenvalue weighted by Gasteiger charge is -2.10. The third-order valence-electron chi connectivity index (χ3n) is 2.99. The van der Waals surface area contributed by atoms with E-state index < -0.39 is 11.7 Å². The van der Waals surface area contributed by atoms with Crippen LogP contribution in [-0.2, 0) is 9.59 Å². The Kier molecular flexibility index (Phi) is 5.73. The van der Waals surface area contributed by atoms with E-state index in [1.807, 2.05) is 0 Å². The standard InChI is InChI=1S/C17H17FN2O4/c1-11(21)19-12-3-8-15(18)16(9-12)20-17(22)10-24-14-6-4-13(23-2)5-7-14/h3-9H,10H2,1-2H3,(H,19,21)(H,20,22). The van der Waals surface area contributed by atoms with Crippen LogP contribution in [-0.4, -0.2) is 25.5 Å². The first-order valence-electron chi connectivity index (χ1n) is 7.12. The summed E-state index contributed by atoms with van der Waals surface area (Å²) < 4.78 is 24.1. The summed E-state index contributed by atoms with van der Waals surface area (Å²) in [6.07, 6.45) is 0. The summed E-state index contributed by atoms with van der Waals surface area (Å²) in [5.41, 5.74) is 0.347. The monoisotopic (exact) mass is 332 g/mol. The zero-order chi connectivity index (χ0) is 17.5. The first kappa shape index (κ1) is 17.3. The Morgan fingerprint density at radius 2 is 1.71 bits per heavy atom. The van der Waals surface area contributed by atoms with Gasteiger partial charge < -0.3 is 20.1 Å². The molecule has 0 unspecified atom stereocenters. The van der Waals surface area contributed by atoms with Crippen LogP contribution in [0.4, 0.5) is 15.8 Å². The summed E-state index contributed by atoms with van der Waals surface area (Å²) in [7, 11) is 1.55. The van der Waals surface area contributed by atoms with E-state index in [-0.39, 0.29) is 18.2 Å². The van der Waals surface area contributed by atoms with Gasteiger partial charge in [-0.15, -0.1) is 0 Å². The van der Waals surface area contributed by atoms with Gasteiger partial charge in [-0.1, -0.05) is 0 Å². The van der Waals surface area contributed by atoms with Crippen LogP contribution in [0, 0.1) is 5.82 Å². The lowest BCUT2D eigenvalue weighted by molar-refractivity contribution is -0.118. The van der Waals surface area contributed by atoms with Crippen LogP contribution >= 0.6 is 0 Å². The minimum atomic E-state index is -0.609. The Morgan fingerprint density at radius 1 is 1.04 bits per heavy atom. The summed E-state index contributed by atoms with van der Waals surface area (Å²) in [5.74, 6) is -0.268. The van der Waals surface area contributed by atoms with Gasteiger partial charge in [0.2, 0.25) is 5.91 Å². The number of methoxy groups -OCH3 is 1. The van der Waals surface area contributed by atoms with Crippen LogP contribution in [0.3, 0.4) is 0 Å². The van der Waals surface area contributed by atoms with Crippen molar-refractivity contribution in [2.75, 3.05) is 24.4 Å². The average Bonchev–Trinajstić information content (AvgIpc) is 2.56. The topological polar surface area (TPSA) is 76.7 Å². The van der Waals surface area contributed by atoms with Crippen molar-refractivity contribution in [1.82, 2.24) is 0 Å². The Bertz CT molecular complexity index is 732. The highest BCUT2D eigenvalue weighted by atomic mass is 19.1. The zero-order valence-corrected chi connectivity index (χ0v) is 13.3. The van der Waals surface area contributed by atoms with Crippen molar-refractivity contribution in [3.63, 3.8) is 0 Å². The molecule has 0 radical (unpaired) electrons. The number of nitrogens with one attached hydrogen (secondary N) is 2. The number of rotatable bonds is 6. The number of amides is 2. The van der Waals surface area contributed by atoms with Crippen LogP contribution in [0.1, 0.15) is 6.92 Å². The fraction of sp³-hybridized carbons (Fsp3) is 0.176. The normalized spacial score (nSPS) is 9.96. The van der Waals surface area contributed by atoms with Gasteiger partial charge in [0.05, 0.1) is 12.8 Å². The molecule has 0 aromatic heterocycles. The molecule has 2 amide bonds. The van der Waals surface area contributed by atoms with Gasteiger partial charge in [-0.3, -0.25) is 9.59 Å². The van der Waals surface area contributed by atoms with Crippen molar-refractivity contribution >= 4 is 23.2 Å². The molecule has 0 spiro atoms. The van der Waals surface area contributed by atoms with Crippen LogP contribution in [0.25, 0.3) is 0 Å². The molecule has 2 aromatic carbocycles. The lowest BCUT2D eigenvalue weighted by Crippen LogP contribution is -2.21. The van der Waals surface area contributed by atoms with E-state index in [9.17, 15) is 14.0 Å². The largest absolute Gasteiger partial charge is 0.497 e. The molecule has 2 aromatic rings. The van der Waals surface area contributed by atoms with Crippen LogP contribution < -0.4 is 20.1 Å². The van der Waals surface area contributed by atoms with Gasteiger partial charge in [-0.2, -0.15) is 0 Å². The highest BCUT2D eigenvalue weighted by molar-refractivity contribution is 5.94. The van der Waals surface area contributed by atoms with Crippen LogP contribution in [0.15, 0.2) is 42.5 Å². The molecule has 0 saturated carbocycles. The van der Waals surface area contributed by atoms with Crippen molar-refractivity contribution in [2.24, 2.45) is 0 Å². The maximum Gasteiger partial charge on any atom is 0.262 e. The van der Waals surface area contributed by atoms with E-state index >= 15 is 0 Å². The molecule has 126 valence electrons. The molecule has 0 aliphatic heterocycles. The van der Waals surface area contributed by atoms with E-state index in [0.717, 1.165) is 6.07 Å². The summed E-state index contributed by atoms with van der Waals surface area (Å²) in [6, 6.07) is 10.6. The minimum absolute atomic E-state index is 0.0374. The van der Waals surface area contributed by atoms with Gasteiger partial charge in [0.25, 0.3) is 5.91 Å². The average molecular weight is 332 g/mol. The predicted octanol–water partition coefficient (Wildman–Crippen LogP) is 2.81. The van der Waals surface area contributed by atoms with Crippen LogP contribution in [0.5, 0.6) is 11.5 Å². The molecule has 0 bridgehead atoms. The van der Waals surface area contributed by atoms with Gasteiger partial charge in [0, 0.05) is 12.6 Å². The van der Waals surface area contributed by atoms with Crippen molar-refractivity contribution < 1.29 is 23.5 Å². The molecule has 2 rings (SSSR count). The lowest BCUT2D eigenvalue weighted by atomic mass is 10.2. The van der Waals surface area contributed by atoms with Crippen LogP contribution in [0.2, 0.25) is 0 Å². The van der Waals surface area contributed by atoms with E-state index in [4.69, 9.17) is 9.47 Å². The second-order valence-electron chi connectivity index (χ2n) is 4.89. The molecule has 0 heterocycles. The number of benzene rings is 2. The van der Waals surface area contributed by atoms with Crippen molar-refractivity contribution in [3.8, 4) is 11.5 Å². The molecule has 7 heteroatoms. The summed E-state index contributed by atoms with van der Waals surface area (Å²) in [5, 5.41) is 4.92. The fourth-order valence-electron chi connectivity index (χ4n) is 1.91. The number of hydrogen-bond acceptors (Lipinski definition) is 4. The second-order valence-corrected chi connectivity index (χ2v) is 4.89. The first-order valence-corrected chi connectivity index (χ1v) is 7.12. The molecule has 0 aliphatic carbocycles. The second kappa shape index (κ2) is 7.96. The van der Waals surface area contributed by atoms with E-state index in [2.05, 4.69) is 10.6 Å². The minimum Gasteiger partial charge on any atom is -0.497 e. The van der Waals surface area contributed by atoms with E-state index in [1.165, 1.54) is 19.1 Å². The molecule has 0 fully saturated rings. The Hall–Kier alpha value is -3.09.